The van der Waals surface area contributed by atoms with Crippen LogP contribution in [0.15, 0.2) is 23.6 Å². The lowest BCUT2D eigenvalue weighted by Crippen LogP contribution is -2.08. The standard InChI is InChI=1S/C17H14ClN2OS/c1-21-14-7-3-6-12-15(14)16(18)11(8-19-12)17-20-13(9-22-17)10-4-2-5-10/h3,6-7,9-10H,2,4-5H2,1H3. The number of benzene rings is 1. The van der Waals surface area contributed by atoms with E-state index in [4.69, 9.17) is 21.3 Å². The fourth-order valence-corrected chi connectivity index (χ4v) is 4.01. The lowest BCUT2D eigenvalue weighted by Gasteiger charge is -2.23. The average Bonchev–Trinajstić information content (AvgIpc) is 2.94. The van der Waals surface area contributed by atoms with E-state index in [0.717, 1.165) is 27.2 Å². The van der Waals surface area contributed by atoms with Gasteiger partial charge in [0.1, 0.15) is 17.0 Å². The van der Waals surface area contributed by atoms with Crippen LogP contribution in [0.1, 0.15) is 30.9 Å². The van der Waals surface area contributed by atoms with Crippen LogP contribution in [-0.2, 0) is 0 Å². The normalized spacial score (nSPS) is 15.0. The number of nitrogens with zero attached hydrogens (tertiary/aromatic N) is 2. The minimum absolute atomic E-state index is 0.608. The number of thiazole rings is 1. The van der Waals surface area contributed by atoms with E-state index in [1.54, 1.807) is 18.4 Å². The SMILES string of the molecule is COc1cccc2n[c]c(-c3nc(C4CCC4)cs3)c(Cl)c12. The highest BCUT2D eigenvalue weighted by Gasteiger charge is 2.23. The predicted molar refractivity (Wildman–Crippen MR) is 89.8 cm³/mol. The number of aromatic nitrogens is 2. The first-order valence-electron chi connectivity index (χ1n) is 7.27. The van der Waals surface area contributed by atoms with Gasteiger partial charge < -0.3 is 4.74 Å². The molecule has 5 heteroatoms. The number of hydrogen-bond donors (Lipinski definition) is 0. The van der Waals surface area contributed by atoms with Crippen molar-refractivity contribution >= 4 is 33.8 Å². The molecule has 0 unspecified atom stereocenters. The number of ether oxygens (including phenoxy) is 1. The molecular formula is C17H14ClN2OS. The van der Waals surface area contributed by atoms with Crippen molar-refractivity contribution in [3.05, 3.63) is 40.5 Å². The Balaban J connectivity index is 1.84. The van der Waals surface area contributed by atoms with Gasteiger partial charge in [0.2, 0.25) is 0 Å². The van der Waals surface area contributed by atoms with Crippen LogP contribution in [0.3, 0.4) is 0 Å². The second-order valence-electron chi connectivity index (χ2n) is 5.47. The summed E-state index contributed by atoms with van der Waals surface area (Å²) in [4.78, 5) is 9.14. The van der Waals surface area contributed by atoms with Crippen LogP contribution in [0.5, 0.6) is 5.75 Å². The lowest BCUT2D eigenvalue weighted by atomic mass is 9.83. The van der Waals surface area contributed by atoms with Gasteiger partial charge in [-0.15, -0.1) is 11.3 Å². The van der Waals surface area contributed by atoms with Gasteiger partial charge in [0.05, 0.1) is 34.3 Å². The molecule has 1 aliphatic rings. The van der Waals surface area contributed by atoms with E-state index < -0.39 is 0 Å². The molecule has 0 saturated heterocycles. The fraction of sp³-hybridized carbons (Fsp3) is 0.294. The number of rotatable bonds is 3. The minimum Gasteiger partial charge on any atom is -0.496 e. The summed E-state index contributed by atoms with van der Waals surface area (Å²) in [6.07, 6.45) is 6.83. The fourth-order valence-electron chi connectivity index (χ4n) is 2.73. The van der Waals surface area contributed by atoms with Crippen molar-refractivity contribution in [1.82, 2.24) is 9.97 Å². The molecule has 0 bridgehead atoms. The van der Waals surface area contributed by atoms with Crippen molar-refractivity contribution < 1.29 is 4.74 Å². The molecule has 2 aromatic heterocycles. The van der Waals surface area contributed by atoms with Gasteiger partial charge in [-0.3, -0.25) is 0 Å². The molecule has 0 aliphatic heterocycles. The maximum absolute atomic E-state index is 6.61. The van der Waals surface area contributed by atoms with Crippen molar-refractivity contribution in [1.29, 1.82) is 0 Å². The van der Waals surface area contributed by atoms with Gasteiger partial charge in [0, 0.05) is 11.3 Å². The molecular weight excluding hydrogens is 316 g/mol. The topological polar surface area (TPSA) is 35.0 Å². The van der Waals surface area contributed by atoms with E-state index in [0.29, 0.717) is 10.9 Å². The summed E-state index contributed by atoms with van der Waals surface area (Å²) >= 11 is 8.22. The molecule has 0 N–H and O–H groups in total. The van der Waals surface area contributed by atoms with E-state index in [-0.39, 0.29) is 0 Å². The highest BCUT2D eigenvalue weighted by Crippen LogP contribution is 2.41. The molecule has 0 amide bonds. The smallest absolute Gasteiger partial charge is 0.129 e. The Morgan fingerprint density at radius 2 is 2.23 bits per heavy atom. The summed E-state index contributed by atoms with van der Waals surface area (Å²) < 4.78 is 5.41. The van der Waals surface area contributed by atoms with Crippen molar-refractivity contribution in [2.75, 3.05) is 7.11 Å². The Hall–Kier alpha value is -1.65. The van der Waals surface area contributed by atoms with E-state index in [2.05, 4.69) is 16.6 Å². The molecule has 1 aliphatic carbocycles. The van der Waals surface area contributed by atoms with Crippen LogP contribution in [0, 0.1) is 6.20 Å². The third-order valence-electron chi connectivity index (χ3n) is 4.21. The highest BCUT2D eigenvalue weighted by atomic mass is 35.5. The maximum atomic E-state index is 6.61. The van der Waals surface area contributed by atoms with Crippen LogP contribution < -0.4 is 4.74 Å². The Bertz CT molecular complexity index is 842. The van der Waals surface area contributed by atoms with Crippen LogP contribution in [0.4, 0.5) is 0 Å². The van der Waals surface area contributed by atoms with Gasteiger partial charge in [0.25, 0.3) is 0 Å². The van der Waals surface area contributed by atoms with E-state index >= 15 is 0 Å². The third-order valence-corrected chi connectivity index (χ3v) is 5.47. The first kappa shape index (κ1) is 14.0. The zero-order chi connectivity index (χ0) is 15.1. The summed E-state index contributed by atoms with van der Waals surface area (Å²) in [5.74, 6) is 1.34. The number of fused-ring (bicyclic) bond motifs is 1. The molecule has 2 heterocycles. The molecule has 1 fully saturated rings. The van der Waals surface area contributed by atoms with Gasteiger partial charge in [0.15, 0.2) is 0 Å². The molecule has 0 atom stereocenters. The van der Waals surface area contributed by atoms with E-state index in [1.807, 2.05) is 18.2 Å². The van der Waals surface area contributed by atoms with Crippen molar-refractivity contribution in [2.45, 2.75) is 25.2 Å². The van der Waals surface area contributed by atoms with Crippen molar-refractivity contribution in [3.8, 4) is 16.3 Å². The van der Waals surface area contributed by atoms with Gasteiger partial charge >= 0.3 is 0 Å². The third kappa shape index (κ3) is 2.18. The van der Waals surface area contributed by atoms with Gasteiger partial charge in [-0.1, -0.05) is 24.1 Å². The molecule has 3 aromatic rings. The Morgan fingerprint density at radius 3 is 2.95 bits per heavy atom. The summed E-state index contributed by atoms with van der Waals surface area (Å²) in [6, 6.07) is 5.70. The van der Waals surface area contributed by atoms with Crippen LogP contribution in [0.25, 0.3) is 21.5 Å². The molecule has 1 radical (unpaired) electrons. The van der Waals surface area contributed by atoms with Gasteiger partial charge in [-0.2, -0.15) is 0 Å². The minimum atomic E-state index is 0.608. The Labute approximate surface area is 137 Å². The monoisotopic (exact) mass is 329 g/mol. The molecule has 1 aromatic carbocycles. The Kier molecular flexibility index (Phi) is 3.51. The van der Waals surface area contributed by atoms with Crippen molar-refractivity contribution in [3.63, 3.8) is 0 Å². The van der Waals surface area contributed by atoms with Gasteiger partial charge in [-0.05, 0) is 25.0 Å². The largest absolute Gasteiger partial charge is 0.496 e. The average molecular weight is 330 g/mol. The Morgan fingerprint density at radius 1 is 1.36 bits per heavy atom. The number of methoxy groups -OCH3 is 1. The maximum Gasteiger partial charge on any atom is 0.129 e. The second kappa shape index (κ2) is 5.52. The molecule has 4 rings (SSSR count). The molecule has 22 heavy (non-hydrogen) atoms. The van der Waals surface area contributed by atoms with Crippen LogP contribution >= 0.6 is 22.9 Å². The van der Waals surface area contributed by atoms with Crippen molar-refractivity contribution in [2.24, 2.45) is 0 Å². The molecule has 3 nitrogen and oxygen atoms in total. The van der Waals surface area contributed by atoms with Gasteiger partial charge in [-0.25, -0.2) is 9.97 Å². The molecule has 111 valence electrons. The summed E-state index contributed by atoms with van der Waals surface area (Å²) in [5, 5.41) is 4.44. The second-order valence-corrected chi connectivity index (χ2v) is 6.71. The molecule has 0 spiro atoms. The van der Waals surface area contributed by atoms with E-state index in [1.165, 1.54) is 25.0 Å². The summed E-state index contributed by atoms with van der Waals surface area (Å²) in [5.41, 5.74) is 2.72. The zero-order valence-corrected chi connectivity index (χ0v) is 13.7. The van der Waals surface area contributed by atoms with E-state index in [9.17, 15) is 0 Å². The zero-order valence-electron chi connectivity index (χ0n) is 12.1. The number of hydrogen-bond acceptors (Lipinski definition) is 4. The van der Waals surface area contributed by atoms with Crippen LogP contribution in [-0.4, -0.2) is 17.1 Å². The highest BCUT2D eigenvalue weighted by molar-refractivity contribution is 7.13. The first-order valence-corrected chi connectivity index (χ1v) is 8.53. The molecule has 1 saturated carbocycles. The number of pyridine rings is 1. The predicted octanol–water partition coefficient (Wildman–Crippen LogP) is 5.09. The summed E-state index contributed by atoms with van der Waals surface area (Å²) in [7, 11) is 1.64. The summed E-state index contributed by atoms with van der Waals surface area (Å²) in [6.45, 7) is 0. The quantitative estimate of drug-likeness (QED) is 0.671. The lowest BCUT2D eigenvalue weighted by molar-refractivity contribution is 0.413. The van der Waals surface area contributed by atoms with Crippen LogP contribution in [0.2, 0.25) is 5.02 Å². The first-order chi connectivity index (χ1) is 10.8. The number of halogens is 1.